The van der Waals surface area contributed by atoms with Crippen molar-refractivity contribution < 1.29 is 4.74 Å². The van der Waals surface area contributed by atoms with E-state index in [4.69, 9.17) is 10.5 Å². The highest BCUT2D eigenvalue weighted by molar-refractivity contribution is 7.99. The van der Waals surface area contributed by atoms with E-state index in [0.717, 1.165) is 17.9 Å². The Morgan fingerprint density at radius 1 is 1.25 bits per heavy atom. The Kier molecular flexibility index (Phi) is 3.99. The quantitative estimate of drug-likeness (QED) is 0.868. The van der Waals surface area contributed by atoms with Crippen LogP contribution in [0.5, 0.6) is 5.75 Å². The Balaban J connectivity index is 1.60. The molecule has 0 radical (unpaired) electrons. The summed E-state index contributed by atoms with van der Waals surface area (Å²) in [5, 5.41) is 0. The van der Waals surface area contributed by atoms with Crippen LogP contribution in [0.4, 0.5) is 0 Å². The van der Waals surface area contributed by atoms with Crippen LogP contribution in [0, 0.1) is 0 Å². The molecule has 104 valence electrons. The van der Waals surface area contributed by atoms with Gasteiger partial charge in [-0.25, -0.2) is 0 Å². The Bertz CT molecular complexity index is 572. The molecule has 3 heteroatoms. The van der Waals surface area contributed by atoms with Crippen molar-refractivity contribution in [2.45, 2.75) is 30.4 Å². The summed E-state index contributed by atoms with van der Waals surface area (Å²) in [4.78, 5) is 1.26. The van der Waals surface area contributed by atoms with Gasteiger partial charge in [-0.3, -0.25) is 0 Å². The minimum absolute atomic E-state index is 0.0857. The standard InChI is InChI=1S/C17H19NOS/c1-12(18)13-6-4-7-16(10-13)20-11-15-9-14-5-2-3-8-17(14)19-15/h2-8,10,12,15H,9,11,18H2,1H3. The average molecular weight is 285 g/mol. The number of para-hydroxylation sites is 1. The molecule has 2 aromatic rings. The molecular weight excluding hydrogens is 266 g/mol. The Morgan fingerprint density at radius 3 is 2.90 bits per heavy atom. The first kappa shape index (κ1) is 13.5. The smallest absolute Gasteiger partial charge is 0.123 e. The number of thioether (sulfide) groups is 1. The minimum atomic E-state index is 0.0857. The summed E-state index contributed by atoms with van der Waals surface area (Å²) < 4.78 is 5.96. The number of fused-ring (bicyclic) bond motifs is 1. The van der Waals surface area contributed by atoms with Crippen molar-refractivity contribution in [3.63, 3.8) is 0 Å². The summed E-state index contributed by atoms with van der Waals surface area (Å²) >= 11 is 1.84. The van der Waals surface area contributed by atoms with E-state index >= 15 is 0 Å². The van der Waals surface area contributed by atoms with E-state index in [1.165, 1.54) is 16.0 Å². The summed E-state index contributed by atoms with van der Waals surface area (Å²) in [5.41, 5.74) is 8.43. The Labute approximate surface area is 124 Å². The molecule has 0 amide bonds. The van der Waals surface area contributed by atoms with E-state index in [9.17, 15) is 0 Å². The maximum absolute atomic E-state index is 5.96. The zero-order valence-electron chi connectivity index (χ0n) is 11.6. The van der Waals surface area contributed by atoms with Gasteiger partial charge >= 0.3 is 0 Å². The number of ether oxygens (including phenoxy) is 1. The van der Waals surface area contributed by atoms with Crippen molar-refractivity contribution in [3.8, 4) is 5.75 Å². The highest BCUT2D eigenvalue weighted by Gasteiger charge is 2.22. The minimum Gasteiger partial charge on any atom is -0.489 e. The number of hydrogen-bond donors (Lipinski definition) is 1. The lowest BCUT2D eigenvalue weighted by Gasteiger charge is -2.11. The first-order valence-electron chi connectivity index (χ1n) is 6.95. The normalized spacial score (nSPS) is 18.4. The molecule has 0 fully saturated rings. The molecule has 2 aromatic carbocycles. The van der Waals surface area contributed by atoms with Gasteiger partial charge in [-0.15, -0.1) is 11.8 Å². The van der Waals surface area contributed by atoms with E-state index in [1.807, 2.05) is 24.8 Å². The molecule has 1 aliphatic rings. The van der Waals surface area contributed by atoms with Crippen LogP contribution in [0.15, 0.2) is 53.4 Å². The van der Waals surface area contributed by atoms with Crippen molar-refractivity contribution in [2.75, 3.05) is 5.75 Å². The van der Waals surface area contributed by atoms with Crippen molar-refractivity contribution in [1.29, 1.82) is 0 Å². The molecule has 2 nitrogen and oxygen atoms in total. The number of hydrogen-bond acceptors (Lipinski definition) is 3. The fourth-order valence-electron chi connectivity index (χ4n) is 2.42. The van der Waals surface area contributed by atoms with Gasteiger partial charge in [0.1, 0.15) is 11.9 Å². The van der Waals surface area contributed by atoms with Gasteiger partial charge < -0.3 is 10.5 Å². The molecule has 0 saturated carbocycles. The molecule has 0 saturated heterocycles. The molecule has 2 N–H and O–H groups in total. The second kappa shape index (κ2) is 5.90. The monoisotopic (exact) mass is 285 g/mol. The third-order valence-corrected chi connectivity index (χ3v) is 4.66. The lowest BCUT2D eigenvalue weighted by atomic mass is 10.1. The molecular formula is C17H19NOS. The highest BCUT2D eigenvalue weighted by atomic mass is 32.2. The van der Waals surface area contributed by atoms with Gasteiger partial charge in [-0.05, 0) is 36.2 Å². The van der Waals surface area contributed by atoms with Gasteiger partial charge in [0, 0.05) is 23.1 Å². The predicted molar refractivity (Wildman–Crippen MR) is 84.3 cm³/mol. The molecule has 1 heterocycles. The first-order chi connectivity index (χ1) is 9.72. The van der Waals surface area contributed by atoms with Crippen LogP contribution in [-0.4, -0.2) is 11.9 Å². The zero-order valence-corrected chi connectivity index (χ0v) is 12.4. The topological polar surface area (TPSA) is 35.2 Å². The van der Waals surface area contributed by atoms with Crippen molar-refractivity contribution >= 4 is 11.8 Å². The van der Waals surface area contributed by atoms with Crippen LogP contribution in [-0.2, 0) is 6.42 Å². The summed E-state index contributed by atoms with van der Waals surface area (Å²) in [7, 11) is 0. The number of nitrogens with two attached hydrogens (primary N) is 1. The summed E-state index contributed by atoms with van der Waals surface area (Å²) in [5.74, 6) is 2.01. The van der Waals surface area contributed by atoms with Gasteiger partial charge in [-0.1, -0.05) is 30.3 Å². The third-order valence-electron chi connectivity index (χ3n) is 3.53. The fraction of sp³-hybridized carbons (Fsp3) is 0.294. The second-order valence-corrected chi connectivity index (χ2v) is 6.32. The van der Waals surface area contributed by atoms with E-state index in [-0.39, 0.29) is 12.1 Å². The van der Waals surface area contributed by atoms with E-state index in [1.54, 1.807) is 0 Å². The SMILES string of the molecule is CC(N)c1cccc(SCC2Cc3ccccc3O2)c1. The Hall–Kier alpha value is -1.45. The third kappa shape index (κ3) is 3.00. The molecule has 0 aliphatic carbocycles. The summed E-state index contributed by atoms with van der Waals surface area (Å²) in [6.45, 7) is 2.01. The van der Waals surface area contributed by atoms with Crippen molar-refractivity contribution in [3.05, 3.63) is 59.7 Å². The molecule has 20 heavy (non-hydrogen) atoms. The lowest BCUT2D eigenvalue weighted by Crippen LogP contribution is -2.15. The predicted octanol–water partition coefficient (Wildman–Crippen LogP) is 3.80. The largest absolute Gasteiger partial charge is 0.489 e. The average Bonchev–Trinajstić information content (AvgIpc) is 2.88. The fourth-order valence-corrected chi connectivity index (χ4v) is 3.38. The zero-order chi connectivity index (χ0) is 13.9. The van der Waals surface area contributed by atoms with Gasteiger partial charge in [0.15, 0.2) is 0 Å². The number of rotatable bonds is 4. The van der Waals surface area contributed by atoms with Crippen LogP contribution in [0.2, 0.25) is 0 Å². The van der Waals surface area contributed by atoms with E-state index in [0.29, 0.717) is 0 Å². The summed E-state index contributed by atoms with van der Waals surface area (Å²) in [6, 6.07) is 16.9. The van der Waals surface area contributed by atoms with Gasteiger partial charge in [0.05, 0.1) is 0 Å². The maximum atomic E-state index is 5.96. The molecule has 1 aliphatic heterocycles. The second-order valence-electron chi connectivity index (χ2n) is 5.22. The molecule has 2 unspecified atom stereocenters. The van der Waals surface area contributed by atoms with Crippen LogP contribution < -0.4 is 10.5 Å². The van der Waals surface area contributed by atoms with Crippen LogP contribution >= 0.6 is 11.8 Å². The summed E-state index contributed by atoms with van der Waals surface area (Å²) in [6.07, 6.45) is 1.28. The molecule has 2 atom stereocenters. The van der Waals surface area contributed by atoms with E-state index in [2.05, 4.69) is 42.5 Å². The van der Waals surface area contributed by atoms with Gasteiger partial charge in [-0.2, -0.15) is 0 Å². The molecule has 0 aromatic heterocycles. The molecule has 0 bridgehead atoms. The Morgan fingerprint density at radius 2 is 2.10 bits per heavy atom. The lowest BCUT2D eigenvalue weighted by molar-refractivity contribution is 0.259. The first-order valence-corrected chi connectivity index (χ1v) is 7.94. The van der Waals surface area contributed by atoms with Crippen LogP contribution in [0.1, 0.15) is 24.1 Å². The van der Waals surface area contributed by atoms with Crippen molar-refractivity contribution in [2.24, 2.45) is 5.73 Å². The van der Waals surface area contributed by atoms with Crippen LogP contribution in [0.3, 0.4) is 0 Å². The highest BCUT2D eigenvalue weighted by Crippen LogP contribution is 2.31. The van der Waals surface area contributed by atoms with Gasteiger partial charge in [0.25, 0.3) is 0 Å². The van der Waals surface area contributed by atoms with Crippen molar-refractivity contribution in [1.82, 2.24) is 0 Å². The number of benzene rings is 2. The van der Waals surface area contributed by atoms with Crippen LogP contribution in [0.25, 0.3) is 0 Å². The van der Waals surface area contributed by atoms with Gasteiger partial charge in [0.2, 0.25) is 0 Å². The van der Waals surface area contributed by atoms with E-state index < -0.39 is 0 Å². The maximum Gasteiger partial charge on any atom is 0.123 e. The molecule has 0 spiro atoms. The molecule has 3 rings (SSSR count).